The fraction of sp³-hybridized carbons (Fsp3) is 0.625. The average Bonchev–Trinajstić information content (AvgIpc) is 2.47. The molecule has 14 heavy (non-hydrogen) atoms. The number of nitrogens with zero attached hydrogens (tertiary/aromatic N) is 2. The summed E-state index contributed by atoms with van der Waals surface area (Å²) in [5.74, 6) is -0.265. The second-order valence-corrected chi connectivity index (χ2v) is 5.36. The van der Waals surface area contributed by atoms with Crippen LogP contribution in [-0.4, -0.2) is 35.3 Å². The van der Waals surface area contributed by atoms with Crippen molar-refractivity contribution in [3.8, 4) is 0 Å². The Labute approximate surface area is 83.3 Å². The highest BCUT2D eigenvalue weighted by Gasteiger charge is 2.17. The van der Waals surface area contributed by atoms with Gasteiger partial charge in [-0.2, -0.15) is 5.10 Å². The van der Waals surface area contributed by atoms with Gasteiger partial charge in [0.05, 0.1) is 11.4 Å². The van der Waals surface area contributed by atoms with Gasteiger partial charge in [-0.25, -0.2) is 8.42 Å². The molecule has 0 spiro atoms. The zero-order chi connectivity index (χ0) is 10.8. The van der Waals surface area contributed by atoms with Crippen molar-refractivity contribution in [3.05, 3.63) is 18.0 Å². The minimum Gasteiger partial charge on any atom is -0.386 e. The molecule has 1 heterocycles. The molecule has 1 rings (SSSR count). The SMILES string of the molecule is CCn1nccc1C(O)CS(C)(=O)=O. The van der Waals surface area contributed by atoms with E-state index >= 15 is 0 Å². The molecule has 0 aromatic carbocycles. The van der Waals surface area contributed by atoms with Crippen molar-refractivity contribution < 1.29 is 13.5 Å². The predicted molar refractivity (Wildman–Crippen MR) is 52.6 cm³/mol. The second kappa shape index (κ2) is 4.10. The molecule has 0 aliphatic rings. The van der Waals surface area contributed by atoms with Crippen LogP contribution >= 0.6 is 0 Å². The van der Waals surface area contributed by atoms with Gasteiger partial charge in [-0.3, -0.25) is 4.68 Å². The second-order valence-electron chi connectivity index (χ2n) is 3.18. The van der Waals surface area contributed by atoms with Crippen LogP contribution in [0.25, 0.3) is 0 Å². The smallest absolute Gasteiger partial charge is 0.150 e. The van der Waals surface area contributed by atoms with Gasteiger partial charge in [-0.05, 0) is 13.0 Å². The summed E-state index contributed by atoms with van der Waals surface area (Å²) in [7, 11) is -3.17. The number of sulfone groups is 1. The molecule has 80 valence electrons. The van der Waals surface area contributed by atoms with Gasteiger partial charge in [0.1, 0.15) is 15.9 Å². The molecule has 0 radical (unpaired) electrons. The molecule has 0 fully saturated rings. The summed E-state index contributed by atoms with van der Waals surface area (Å²) in [6.07, 6.45) is 1.65. The molecule has 0 aliphatic heterocycles. The van der Waals surface area contributed by atoms with Crippen LogP contribution in [0.4, 0.5) is 0 Å². The molecule has 0 bridgehead atoms. The van der Waals surface area contributed by atoms with E-state index in [1.54, 1.807) is 16.9 Å². The molecule has 0 saturated carbocycles. The minimum atomic E-state index is -3.17. The quantitative estimate of drug-likeness (QED) is 0.771. The zero-order valence-electron chi connectivity index (χ0n) is 8.21. The lowest BCUT2D eigenvalue weighted by atomic mass is 10.3. The highest BCUT2D eigenvalue weighted by Crippen LogP contribution is 2.13. The van der Waals surface area contributed by atoms with E-state index in [1.165, 1.54) is 0 Å². The lowest BCUT2D eigenvalue weighted by Gasteiger charge is -2.10. The third-order valence-corrected chi connectivity index (χ3v) is 2.77. The Morgan fingerprint density at radius 2 is 2.29 bits per heavy atom. The maximum Gasteiger partial charge on any atom is 0.150 e. The topological polar surface area (TPSA) is 72.2 Å². The molecule has 1 atom stereocenters. The lowest BCUT2D eigenvalue weighted by Crippen LogP contribution is -2.16. The maximum absolute atomic E-state index is 10.9. The first kappa shape index (κ1) is 11.2. The fourth-order valence-electron chi connectivity index (χ4n) is 1.26. The van der Waals surface area contributed by atoms with E-state index in [2.05, 4.69) is 5.10 Å². The van der Waals surface area contributed by atoms with Crippen LogP contribution in [0, 0.1) is 0 Å². The molecule has 1 aromatic heterocycles. The van der Waals surface area contributed by atoms with E-state index in [1.807, 2.05) is 6.92 Å². The summed E-state index contributed by atoms with van der Waals surface area (Å²) in [6.45, 7) is 2.49. The van der Waals surface area contributed by atoms with Crippen molar-refractivity contribution in [1.29, 1.82) is 0 Å². The van der Waals surface area contributed by atoms with Gasteiger partial charge >= 0.3 is 0 Å². The monoisotopic (exact) mass is 218 g/mol. The number of hydrogen-bond acceptors (Lipinski definition) is 4. The molecular weight excluding hydrogens is 204 g/mol. The third-order valence-electron chi connectivity index (χ3n) is 1.85. The number of rotatable bonds is 4. The van der Waals surface area contributed by atoms with Crippen LogP contribution in [0.3, 0.4) is 0 Å². The molecule has 0 aliphatic carbocycles. The summed E-state index contributed by atoms with van der Waals surface area (Å²) in [4.78, 5) is 0. The van der Waals surface area contributed by atoms with E-state index in [0.29, 0.717) is 12.2 Å². The Morgan fingerprint density at radius 3 is 2.79 bits per heavy atom. The van der Waals surface area contributed by atoms with Crippen molar-refractivity contribution in [2.75, 3.05) is 12.0 Å². The van der Waals surface area contributed by atoms with E-state index < -0.39 is 15.9 Å². The van der Waals surface area contributed by atoms with Crippen LogP contribution < -0.4 is 0 Å². The summed E-state index contributed by atoms with van der Waals surface area (Å²) in [6, 6.07) is 1.62. The summed E-state index contributed by atoms with van der Waals surface area (Å²) < 4.78 is 23.5. The lowest BCUT2D eigenvalue weighted by molar-refractivity contribution is 0.190. The summed E-state index contributed by atoms with van der Waals surface area (Å²) in [5.41, 5.74) is 0.540. The third kappa shape index (κ3) is 2.81. The van der Waals surface area contributed by atoms with Crippen LogP contribution in [0.5, 0.6) is 0 Å². The molecule has 0 amide bonds. The van der Waals surface area contributed by atoms with Gasteiger partial charge in [-0.1, -0.05) is 0 Å². The van der Waals surface area contributed by atoms with E-state index in [9.17, 15) is 13.5 Å². The molecule has 1 unspecified atom stereocenters. The number of aromatic nitrogens is 2. The highest BCUT2D eigenvalue weighted by atomic mass is 32.2. The van der Waals surface area contributed by atoms with Crippen LogP contribution in [0.2, 0.25) is 0 Å². The van der Waals surface area contributed by atoms with Gasteiger partial charge < -0.3 is 5.11 Å². The molecule has 0 saturated heterocycles. The van der Waals surface area contributed by atoms with Crippen molar-refractivity contribution in [3.63, 3.8) is 0 Å². The molecular formula is C8H14N2O3S. The minimum absolute atomic E-state index is 0.265. The number of hydrogen-bond donors (Lipinski definition) is 1. The molecule has 5 nitrogen and oxygen atoms in total. The highest BCUT2D eigenvalue weighted by molar-refractivity contribution is 7.90. The fourth-order valence-corrected chi connectivity index (χ4v) is 2.01. The Morgan fingerprint density at radius 1 is 1.64 bits per heavy atom. The number of aliphatic hydroxyl groups is 1. The standard InChI is InChI=1S/C8H14N2O3S/c1-3-10-7(4-5-9-10)8(11)6-14(2,12)13/h4-5,8,11H,3,6H2,1-2H3. The van der Waals surface area contributed by atoms with Crippen LogP contribution in [0.1, 0.15) is 18.7 Å². The Kier molecular flexibility index (Phi) is 3.28. The van der Waals surface area contributed by atoms with E-state index in [0.717, 1.165) is 6.26 Å². The zero-order valence-corrected chi connectivity index (χ0v) is 9.03. The van der Waals surface area contributed by atoms with Crippen molar-refractivity contribution >= 4 is 9.84 Å². The van der Waals surface area contributed by atoms with Crippen molar-refractivity contribution in [2.45, 2.75) is 19.6 Å². The summed E-state index contributed by atoms with van der Waals surface area (Å²) >= 11 is 0. The average molecular weight is 218 g/mol. The van der Waals surface area contributed by atoms with Crippen LogP contribution in [0.15, 0.2) is 12.3 Å². The Balaban J connectivity index is 2.84. The van der Waals surface area contributed by atoms with Gasteiger partial charge in [0, 0.05) is 19.0 Å². The predicted octanol–water partition coefficient (Wildman–Crippen LogP) is -0.0190. The first-order chi connectivity index (χ1) is 6.44. The van der Waals surface area contributed by atoms with Gasteiger partial charge in [0.15, 0.2) is 0 Å². The van der Waals surface area contributed by atoms with E-state index in [4.69, 9.17) is 0 Å². The van der Waals surface area contributed by atoms with Gasteiger partial charge in [-0.15, -0.1) is 0 Å². The van der Waals surface area contributed by atoms with Crippen molar-refractivity contribution in [2.24, 2.45) is 0 Å². The first-order valence-corrected chi connectivity index (χ1v) is 6.37. The molecule has 1 aromatic rings. The van der Waals surface area contributed by atoms with Gasteiger partial charge in [0.25, 0.3) is 0 Å². The molecule has 1 N–H and O–H groups in total. The number of aliphatic hydroxyl groups excluding tert-OH is 1. The number of aryl methyl sites for hydroxylation is 1. The largest absolute Gasteiger partial charge is 0.386 e. The Hall–Kier alpha value is -0.880. The first-order valence-electron chi connectivity index (χ1n) is 4.31. The van der Waals surface area contributed by atoms with Gasteiger partial charge in [0.2, 0.25) is 0 Å². The van der Waals surface area contributed by atoms with Crippen molar-refractivity contribution in [1.82, 2.24) is 9.78 Å². The maximum atomic E-state index is 10.9. The normalized spacial score (nSPS) is 14.2. The summed E-state index contributed by atoms with van der Waals surface area (Å²) in [5, 5.41) is 13.6. The Bertz CT molecular complexity index is 396. The molecule has 6 heteroatoms. The van der Waals surface area contributed by atoms with Crippen LogP contribution in [-0.2, 0) is 16.4 Å². The van der Waals surface area contributed by atoms with E-state index in [-0.39, 0.29) is 5.75 Å².